The van der Waals surface area contributed by atoms with Gasteiger partial charge in [0.2, 0.25) is 5.91 Å². The second kappa shape index (κ2) is 6.84. The van der Waals surface area contributed by atoms with Gasteiger partial charge in [-0.25, -0.2) is 4.98 Å². The molecule has 2 heterocycles. The van der Waals surface area contributed by atoms with Crippen molar-refractivity contribution in [2.24, 2.45) is 5.92 Å². The average Bonchev–Trinajstić information content (AvgIpc) is 3.25. The maximum atomic E-state index is 12.4. The Morgan fingerprint density at radius 3 is 3.08 bits per heavy atom. The van der Waals surface area contributed by atoms with Crippen LogP contribution in [0.15, 0.2) is 30.9 Å². The molecule has 132 valence electrons. The molecule has 0 saturated heterocycles. The van der Waals surface area contributed by atoms with Gasteiger partial charge in [0.25, 0.3) is 0 Å². The molecule has 7 nitrogen and oxygen atoms in total. The molecule has 1 saturated carbocycles. The van der Waals surface area contributed by atoms with Crippen LogP contribution in [0.3, 0.4) is 0 Å². The van der Waals surface area contributed by atoms with E-state index in [1.54, 1.807) is 11.0 Å². The van der Waals surface area contributed by atoms with Crippen molar-refractivity contribution in [3.05, 3.63) is 42.0 Å². The SMILES string of the molecule is O=C(CCn1cncn1)N[C@H](c1ccc2c(c1)CCO2)C1CC(O)C1. The summed E-state index contributed by atoms with van der Waals surface area (Å²) in [6.07, 6.45) is 5.52. The van der Waals surface area contributed by atoms with Crippen LogP contribution in [0, 0.1) is 5.92 Å². The van der Waals surface area contributed by atoms with Gasteiger partial charge in [-0.2, -0.15) is 5.10 Å². The van der Waals surface area contributed by atoms with Crippen LogP contribution in [-0.2, 0) is 17.8 Å². The summed E-state index contributed by atoms with van der Waals surface area (Å²) in [5, 5.41) is 16.9. The van der Waals surface area contributed by atoms with Crippen LogP contribution in [0.4, 0.5) is 0 Å². The van der Waals surface area contributed by atoms with Crippen molar-refractivity contribution in [1.29, 1.82) is 0 Å². The van der Waals surface area contributed by atoms with Crippen molar-refractivity contribution in [3.63, 3.8) is 0 Å². The number of fused-ring (bicyclic) bond motifs is 1. The van der Waals surface area contributed by atoms with Gasteiger partial charge in [0.05, 0.1) is 25.3 Å². The predicted molar refractivity (Wildman–Crippen MR) is 89.9 cm³/mol. The van der Waals surface area contributed by atoms with Gasteiger partial charge >= 0.3 is 0 Å². The van der Waals surface area contributed by atoms with Gasteiger partial charge in [-0.15, -0.1) is 0 Å². The van der Waals surface area contributed by atoms with E-state index < -0.39 is 0 Å². The normalized spacial score (nSPS) is 22.6. The number of benzene rings is 1. The molecule has 0 radical (unpaired) electrons. The fraction of sp³-hybridized carbons (Fsp3) is 0.500. The Balaban J connectivity index is 1.45. The van der Waals surface area contributed by atoms with Crippen LogP contribution in [-0.4, -0.2) is 38.5 Å². The van der Waals surface area contributed by atoms with Crippen molar-refractivity contribution in [2.45, 2.75) is 44.4 Å². The van der Waals surface area contributed by atoms with Crippen LogP contribution in [0.2, 0.25) is 0 Å². The largest absolute Gasteiger partial charge is 0.493 e. The van der Waals surface area contributed by atoms with E-state index >= 15 is 0 Å². The second-order valence-electron chi connectivity index (χ2n) is 6.80. The third-order valence-electron chi connectivity index (χ3n) is 5.04. The Morgan fingerprint density at radius 1 is 1.44 bits per heavy atom. The fourth-order valence-electron chi connectivity index (χ4n) is 3.59. The quantitative estimate of drug-likeness (QED) is 0.824. The van der Waals surface area contributed by atoms with E-state index in [1.807, 2.05) is 12.1 Å². The number of aliphatic hydroxyl groups is 1. The van der Waals surface area contributed by atoms with Gasteiger partial charge in [-0.05, 0) is 42.0 Å². The summed E-state index contributed by atoms with van der Waals surface area (Å²) in [5.41, 5.74) is 2.29. The number of nitrogens with one attached hydrogen (secondary N) is 1. The first-order valence-corrected chi connectivity index (χ1v) is 8.74. The van der Waals surface area contributed by atoms with E-state index in [9.17, 15) is 9.90 Å². The third kappa shape index (κ3) is 3.51. The number of aryl methyl sites for hydroxylation is 1. The summed E-state index contributed by atoms with van der Waals surface area (Å²) in [6.45, 7) is 1.22. The van der Waals surface area contributed by atoms with Crippen molar-refractivity contribution >= 4 is 5.91 Å². The molecule has 25 heavy (non-hydrogen) atoms. The Hall–Kier alpha value is -2.41. The highest BCUT2D eigenvalue weighted by molar-refractivity contribution is 5.76. The maximum Gasteiger partial charge on any atom is 0.222 e. The third-order valence-corrected chi connectivity index (χ3v) is 5.04. The van der Waals surface area contributed by atoms with Crippen molar-refractivity contribution in [1.82, 2.24) is 20.1 Å². The number of carbonyl (C=O) groups is 1. The van der Waals surface area contributed by atoms with Crippen molar-refractivity contribution < 1.29 is 14.6 Å². The molecule has 0 unspecified atom stereocenters. The maximum absolute atomic E-state index is 12.4. The lowest BCUT2D eigenvalue weighted by Crippen LogP contribution is -2.41. The Labute approximate surface area is 146 Å². The Kier molecular flexibility index (Phi) is 4.40. The highest BCUT2D eigenvalue weighted by Gasteiger charge is 2.36. The van der Waals surface area contributed by atoms with Crippen molar-refractivity contribution in [3.8, 4) is 5.75 Å². The molecule has 0 bridgehead atoms. The van der Waals surface area contributed by atoms with Crippen LogP contribution in [0.5, 0.6) is 5.75 Å². The van der Waals surface area contributed by atoms with E-state index in [2.05, 4.69) is 21.5 Å². The fourth-order valence-corrected chi connectivity index (χ4v) is 3.59. The summed E-state index contributed by atoms with van der Waals surface area (Å²) in [7, 11) is 0. The zero-order chi connectivity index (χ0) is 17.2. The summed E-state index contributed by atoms with van der Waals surface area (Å²) in [4.78, 5) is 16.3. The Bertz CT molecular complexity index is 741. The average molecular weight is 342 g/mol. The molecule has 1 atom stereocenters. The molecule has 1 aromatic heterocycles. The number of aromatic nitrogens is 3. The molecular formula is C18H22N4O3. The van der Waals surface area contributed by atoms with Crippen LogP contribution in [0.25, 0.3) is 0 Å². The van der Waals surface area contributed by atoms with Gasteiger partial charge in [-0.1, -0.05) is 6.07 Å². The zero-order valence-corrected chi connectivity index (χ0v) is 14.0. The van der Waals surface area contributed by atoms with Gasteiger partial charge in [-0.3, -0.25) is 9.48 Å². The summed E-state index contributed by atoms with van der Waals surface area (Å²) >= 11 is 0. The standard InChI is InChI=1S/C18H22N4O3/c23-15-8-14(9-15)18(13-1-2-16-12(7-13)4-6-25-16)21-17(24)3-5-22-11-19-10-20-22/h1-2,7,10-11,14-15,18,23H,3-6,8-9H2,(H,21,24)/t14?,15?,18-/m1/s1. The number of nitrogens with zero attached hydrogens (tertiary/aromatic N) is 3. The molecule has 1 fully saturated rings. The first-order valence-electron chi connectivity index (χ1n) is 8.74. The number of hydrogen-bond donors (Lipinski definition) is 2. The van der Waals surface area contributed by atoms with Gasteiger partial charge in [0.1, 0.15) is 18.4 Å². The number of amides is 1. The lowest BCUT2D eigenvalue weighted by molar-refractivity contribution is -0.123. The molecule has 1 aliphatic carbocycles. The predicted octanol–water partition coefficient (Wildman–Crippen LogP) is 1.23. The van der Waals surface area contributed by atoms with E-state index in [0.717, 1.165) is 37.2 Å². The van der Waals surface area contributed by atoms with Crippen LogP contribution < -0.4 is 10.1 Å². The minimum Gasteiger partial charge on any atom is -0.493 e. The molecule has 2 aliphatic rings. The molecular weight excluding hydrogens is 320 g/mol. The summed E-state index contributed by atoms with van der Waals surface area (Å²) in [5.74, 6) is 1.19. The van der Waals surface area contributed by atoms with Gasteiger partial charge in [0, 0.05) is 12.8 Å². The lowest BCUT2D eigenvalue weighted by atomic mass is 9.75. The first kappa shape index (κ1) is 16.1. The van der Waals surface area contributed by atoms with Gasteiger partial charge < -0.3 is 15.2 Å². The minimum atomic E-state index is -0.252. The molecule has 1 aliphatic heterocycles. The number of carbonyl (C=O) groups excluding carboxylic acids is 1. The van der Waals surface area contributed by atoms with Gasteiger partial charge in [0.15, 0.2) is 0 Å². The second-order valence-corrected chi connectivity index (χ2v) is 6.80. The molecule has 1 amide bonds. The molecule has 0 spiro atoms. The molecule has 7 heteroatoms. The zero-order valence-electron chi connectivity index (χ0n) is 14.0. The molecule has 4 rings (SSSR count). The summed E-state index contributed by atoms with van der Waals surface area (Å²) < 4.78 is 7.22. The number of ether oxygens (including phenoxy) is 1. The van der Waals surface area contributed by atoms with Crippen LogP contribution >= 0.6 is 0 Å². The smallest absolute Gasteiger partial charge is 0.222 e. The van der Waals surface area contributed by atoms with Crippen LogP contribution in [0.1, 0.15) is 36.4 Å². The van der Waals surface area contributed by atoms with E-state index in [-0.39, 0.29) is 24.0 Å². The highest BCUT2D eigenvalue weighted by atomic mass is 16.5. The first-order chi connectivity index (χ1) is 12.2. The van der Waals surface area contributed by atoms with E-state index in [4.69, 9.17) is 4.74 Å². The Morgan fingerprint density at radius 2 is 2.32 bits per heavy atom. The minimum absolute atomic E-state index is 0.0151. The monoisotopic (exact) mass is 342 g/mol. The van der Waals surface area contributed by atoms with E-state index in [1.165, 1.54) is 11.9 Å². The molecule has 2 aromatic rings. The van der Waals surface area contributed by atoms with E-state index in [0.29, 0.717) is 13.0 Å². The molecule has 2 N–H and O–H groups in total. The van der Waals surface area contributed by atoms with Crippen molar-refractivity contribution in [2.75, 3.05) is 6.61 Å². The topological polar surface area (TPSA) is 89.3 Å². The lowest BCUT2D eigenvalue weighted by Gasteiger charge is -2.38. The number of hydrogen-bond acceptors (Lipinski definition) is 5. The number of aliphatic hydroxyl groups excluding tert-OH is 1. The summed E-state index contributed by atoms with van der Waals surface area (Å²) in [6, 6.07) is 6.08. The molecule has 1 aromatic carbocycles. The highest BCUT2D eigenvalue weighted by Crippen LogP contribution is 2.39. The number of rotatable bonds is 6.